The highest BCUT2D eigenvalue weighted by molar-refractivity contribution is 5.55. The van der Waals surface area contributed by atoms with Crippen LogP contribution in [0.25, 0.3) is 0 Å². The molecule has 0 bridgehead atoms. The Hall–Kier alpha value is -1.06. The SMILES string of the molecule is Cc1ccc(N2CCCN(C)CC2CCN)c(C)c1. The molecule has 2 rings (SSSR count). The highest BCUT2D eigenvalue weighted by Gasteiger charge is 2.23. The molecule has 106 valence electrons. The Balaban J connectivity index is 2.27. The zero-order valence-corrected chi connectivity index (χ0v) is 12.5. The van der Waals surface area contributed by atoms with Crippen molar-refractivity contribution >= 4 is 5.69 Å². The van der Waals surface area contributed by atoms with E-state index in [0.29, 0.717) is 6.04 Å². The van der Waals surface area contributed by atoms with E-state index in [0.717, 1.165) is 26.1 Å². The van der Waals surface area contributed by atoms with Crippen molar-refractivity contribution in [3.05, 3.63) is 29.3 Å². The molecule has 0 saturated carbocycles. The minimum atomic E-state index is 0.541. The molecule has 3 nitrogen and oxygen atoms in total. The van der Waals surface area contributed by atoms with Crippen LogP contribution in [0.15, 0.2) is 18.2 Å². The van der Waals surface area contributed by atoms with E-state index in [1.807, 2.05) is 0 Å². The molecule has 0 aromatic heterocycles. The lowest BCUT2D eigenvalue weighted by Crippen LogP contribution is -2.42. The number of nitrogens with two attached hydrogens (primary N) is 1. The van der Waals surface area contributed by atoms with Crippen LogP contribution < -0.4 is 10.6 Å². The van der Waals surface area contributed by atoms with Gasteiger partial charge in [0.1, 0.15) is 0 Å². The van der Waals surface area contributed by atoms with E-state index in [2.05, 4.69) is 48.9 Å². The molecule has 1 aliphatic rings. The van der Waals surface area contributed by atoms with Gasteiger partial charge in [-0.25, -0.2) is 0 Å². The smallest absolute Gasteiger partial charge is 0.0429 e. The Bertz CT molecular complexity index is 416. The molecule has 0 spiro atoms. The summed E-state index contributed by atoms with van der Waals surface area (Å²) in [5.41, 5.74) is 9.92. The van der Waals surface area contributed by atoms with Crippen LogP contribution in [0, 0.1) is 13.8 Å². The molecule has 1 saturated heterocycles. The molecule has 2 N–H and O–H groups in total. The van der Waals surface area contributed by atoms with Gasteiger partial charge in [0.15, 0.2) is 0 Å². The first-order valence-corrected chi connectivity index (χ1v) is 7.34. The lowest BCUT2D eigenvalue weighted by molar-refractivity contribution is 0.326. The van der Waals surface area contributed by atoms with E-state index in [9.17, 15) is 0 Å². The molecular weight excluding hydrogens is 234 g/mol. The molecule has 1 aliphatic heterocycles. The van der Waals surface area contributed by atoms with Crippen LogP contribution in [0.1, 0.15) is 24.0 Å². The van der Waals surface area contributed by atoms with Crippen LogP contribution in [-0.4, -0.2) is 44.2 Å². The van der Waals surface area contributed by atoms with Crippen molar-refractivity contribution in [2.24, 2.45) is 5.73 Å². The molecule has 3 heteroatoms. The van der Waals surface area contributed by atoms with E-state index in [-0.39, 0.29) is 0 Å². The molecule has 0 aliphatic carbocycles. The van der Waals surface area contributed by atoms with Gasteiger partial charge in [0.05, 0.1) is 0 Å². The molecule has 0 radical (unpaired) electrons. The second-order valence-electron chi connectivity index (χ2n) is 5.83. The predicted octanol–water partition coefficient (Wildman–Crippen LogP) is 2.16. The maximum absolute atomic E-state index is 5.81. The number of hydrogen-bond acceptors (Lipinski definition) is 3. The molecular formula is C16H27N3. The van der Waals surface area contributed by atoms with Gasteiger partial charge in [-0.15, -0.1) is 0 Å². The van der Waals surface area contributed by atoms with E-state index >= 15 is 0 Å². The summed E-state index contributed by atoms with van der Waals surface area (Å²) < 4.78 is 0. The van der Waals surface area contributed by atoms with Gasteiger partial charge >= 0.3 is 0 Å². The molecule has 1 heterocycles. The summed E-state index contributed by atoms with van der Waals surface area (Å²) in [4.78, 5) is 5.01. The van der Waals surface area contributed by atoms with E-state index in [1.165, 1.54) is 29.8 Å². The Morgan fingerprint density at radius 3 is 2.74 bits per heavy atom. The quantitative estimate of drug-likeness (QED) is 0.905. The van der Waals surface area contributed by atoms with Gasteiger partial charge in [0.2, 0.25) is 0 Å². The van der Waals surface area contributed by atoms with Gasteiger partial charge in [-0.1, -0.05) is 17.7 Å². The van der Waals surface area contributed by atoms with Crippen molar-refractivity contribution < 1.29 is 0 Å². The van der Waals surface area contributed by atoms with Crippen LogP contribution in [0.5, 0.6) is 0 Å². The molecule has 19 heavy (non-hydrogen) atoms. The van der Waals surface area contributed by atoms with Crippen molar-refractivity contribution in [3.63, 3.8) is 0 Å². The lowest BCUT2D eigenvalue weighted by atomic mass is 10.1. The van der Waals surface area contributed by atoms with E-state index < -0.39 is 0 Å². The zero-order chi connectivity index (χ0) is 13.8. The van der Waals surface area contributed by atoms with Gasteiger partial charge in [-0.05, 0) is 58.5 Å². The summed E-state index contributed by atoms with van der Waals surface area (Å²) in [6.45, 7) is 8.58. The second-order valence-corrected chi connectivity index (χ2v) is 5.83. The second kappa shape index (κ2) is 6.40. The number of likely N-dealkylation sites (N-methyl/N-ethyl adjacent to an activating group) is 1. The third-order valence-electron chi connectivity index (χ3n) is 4.06. The molecule has 1 aromatic rings. The highest BCUT2D eigenvalue weighted by atomic mass is 15.2. The summed E-state index contributed by atoms with van der Waals surface area (Å²) in [5, 5.41) is 0. The van der Waals surface area contributed by atoms with Crippen molar-refractivity contribution in [3.8, 4) is 0 Å². The number of aryl methyl sites for hydroxylation is 2. The summed E-state index contributed by atoms with van der Waals surface area (Å²) in [5.74, 6) is 0. The fourth-order valence-corrected chi connectivity index (χ4v) is 3.13. The van der Waals surface area contributed by atoms with Crippen molar-refractivity contribution in [2.45, 2.75) is 32.7 Å². The fraction of sp³-hybridized carbons (Fsp3) is 0.625. The lowest BCUT2D eigenvalue weighted by Gasteiger charge is -2.34. The third-order valence-corrected chi connectivity index (χ3v) is 4.06. The summed E-state index contributed by atoms with van der Waals surface area (Å²) in [6.07, 6.45) is 2.29. The van der Waals surface area contributed by atoms with Gasteiger partial charge < -0.3 is 15.5 Å². The van der Waals surface area contributed by atoms with Crippen LogP contribution >= 0.6 is 0 Å². The van der Waals surface area contributed by atoms with Gasteiger partial charge in [0.25, 0.3) is 0 Å². The number of anilines is 1. The minimum Gasteiger partial charge on any atom is -0.367 e. The standard InChI is InChI=1S/C16H27N3/c1-13-5-6-16(14(2)11-13)19-10-4-9-18(3)12-15(19)7-8-17/h5-6,11,15H,4,7-10,12,17H2,1-3H3. The van der Waals surface area contributed by atoms with E-state index in [4.69, 9.17) is 5.73 Å². The van der Waals surface area contributed by atoms with Crippen molar-refractivity contribution in [1.82, 2.24) is 4.90 Å². The Kier molecular flexibility index (Phi) is 4.83. The average molecular weight is 261 g/mol. The first-order valence-electron chi connectivity index (χ1n) is 7.34. The van der Waals surface area contributed by atoms with Crippen LogP contribution in [0.4, 0.5) is 5.69 Å². The van der Waals surface area contributed by atoms with Crippen LogP contribution in [0.2, 0.25) is 0 Å². The zero-order valence-electron chi connectivity index (χ0n) is 12.5. The first-order chi connectivity index (χ1) is 9.11. The maximum atomic E-state index is 5.81. The van der Waals surface area contributed by atoms with Crippen LogP contribution in [-0.2, 0) is 0 Å². The predicted molar refractivity (Wildman–Crippen MR) is 82.8 cm³/mol. The van der Waals surface area contributed by atoms with Gasteiger partial charge in [-0.2, -0.15) is 0 Å². The number of hydrogen-bond donors (Lipinski definition) is 1. The third kappa shape index (κ3) is 3.48. The summed E-state index contributed by atoms with van der Waals surface area (Å²) in [7, 11) is 2.22. The number of rotatable bonds is 3. The Morgan fingerprint density at radius 1 is 1.26 bits per heavy atom. The largest absolute Gasteiger partial charge is 0.367 e. The molecule has 1 atom stereocenters. The molecule has 1 unspecified atom stereocenters. The Morgan fingerprint density at radius 2 is 2.05 bits per heavy atom. The van der Waals surface area contributed by atoms with Gasteiger partial charge in [0, 0.05) is 24.8 Å². The van der Waals surface area contributed by atoms with Gasteiger partial charge in [-0.3, -0.25) is 0 Å². The topological polar surface area (TPSA) is 32.5 Å². The fourth-order valence-electron chi connectivity index (χ4n) is 3.13. The first kappa shape index (κ1) is 14.4. The molecule has 0 amide bonds. The van der Waals surface area contributed by atoms with Crippen LogP contribution in [0.3, 0.4) is 0 Å². The monoisotopic (exact) mass is 261 g/mol. The van der Waals surface area contributed by atoms with Crippen molar-refractivity contribution in [1.29, 1.82) is 0 Å². The average Bonchev–Trinajstić information content (AvgIpc) is 2.52. The number of benzene rings is 1. The van der Waals surface area contributed by atoms with Crippen molar-refractivity contribution in [2.75, 3.05) is 38.1 Å². The summed E-state index contributed by atoms with van der Waals surface area (Å²) >= 11 is 0. The molecule has 1 fully saturated rings. The van der Waals surface area contributed by atoms with E-state index in [1.54, 1.807) is 0 Å². The maximum Gasteiger partial charge on any atom is 0.0429 e. The number of nitrogens with zero attached hydrogens (tertiary/aromatic N) is 2. The normalized spacial score (nSPS) is 21.5. The Labute approximate surface area is 117 Å². The molecule has 1 aromatic carbocycles. The minimum absolute atomic E-state index is 0.541. The summed E-state index contributed by atoms with van der Waals surface area (Å²) in [6, 6.07) is 7.32. The highest BCUT2D eigenvalue weighted by Crippen LogP contribution is 2.26.